The second-order valence-electron chi connectivity index (χ2n) is 8.12. The number of hydrogen-bond acceptors (Lipinski definition) is 7. The van der Waals surface area contributed by atoms with Gasteiger partial charge in [0.15, 0.2) is 5.69 Å². The molecular weight excluding hydrogens is 458 g/mol. The quantitative estimate of drug-likeness (QED) is 0.335. The minimum atomic E-state index is -0.417. The summed E-state index contributed by atoms with van der Waals surface area (Å²) in [5.41, 5.74) is 5.15. The first kappa shape index (κ1) is 23.0. The molecule has 0 bridgehead atoms. The number of imidazole rings is 1. The summed E-state index contributed by atoms with van der Waals surface area (Å²) in [4.78, 5) is 38.1. The third kappa shape index (κ3) is 4.85. The van der Waals surface area contributed by atoms with Crippen LogP contribution in [0.1, 0.15) is 28.8 Å². The number of aromatic nitrogens is 4. The van der Waals surface area contributed by atoms with Gasteiger partial charge < -0.3 is 18.9 Å². The lowest BCUT2D eigenvalue weighted by Gasteiger charge is -2.11. The Bertz CT molecular complexity index is 1560. The zero-order chi connectivity index (χ0) is 25.1. The van der Waals surface area contributed by atoms with Crippen LogP contribution >= 0.6 is 0 Å². The van der Waals surface area contributed by atoms with Crippen molar-refractivity contribution in [1.82, 2.24) is 19.4 Å². The van der Waals surface area contributed by atoms with E-state index in [2.05, 4.69) is 20.3 Å². The Labute approximate surface area is 206 Å². The van der Waals surface area contributed by atoms with Crippen molar-refractivity contribution in [2.24, 2.45) is 0 Å². The smallest absolute Gasteiger partial charge is 0.311 e. The van der Waals surface area contributed by atoms with Crippen LogP contribution in [0.3, 0.4) is 0 Å². The van der Waals surface area contributed by atoms with Gasteiger partial charge in [0.1, 0.15) is 11.9 Å². The van der Waals surface area contributed by atoms with E-state index < -0.39 is 5.91 Å². The first-order chi connectivity index (χ1) is 17.5. The van der Waals surface area contributed by atoms with Crippen LogP contribution in [-0.2, 0) is 16.0 Å². The molecule has 0 spiro atoms. The van der Waals surface area contributed by atoms with Gasteiger partial charge in [-0.3, -0.25) is 14.6 Å². The molecule has 36 heavy (non-hydrogen) atoms. The minimum Gasteiger partial charge on any atom is -0.466 e. The number of nitrogens with one attached hydrogen (secondary N) is 1. The number of ether oxygens (including phenoxy) is 1. The fourth-order valence-corrected chi connectivity index (χ4v) is 3.86. The number of amides is 1. The zero-order valence-electron chi connectivity index (χ0n) is 19.8. The number of carbonyl (C=O) groups excluding carboxylic acids is 2. The lowest BCUT2D eigenvalue weighted by atomic mass is 10.1. The summed E-state index contributed by atoms with van der Waals surface area (Å²) >= 11 is 0. The summed E-state index contributed by atoms with van der Waals surface area (Å²) in [5, 5.41) is 2.95. The van der Waals surface area contributed by atoms with Crippen molar-refractivity contribution in [2.75, 3.05) is 11.9 Å². The Balaban J connectivity index is 1.48. The maximum Gasteiger partial charge on any atom is 0.311 e. The lowest BCUT2D eigenvalue weighted by Crippen LogP contribution is -2.13. The van der Waals surface area contributed by atoms with Crippen molar-refractivity contribution >= 4 is 23.2 Å². The number of fused-ring (bicyclic) bond motifs is 1. The van der Waals surface area contributed by atoms with E-state index in [-0.39, 0.29) is 18.1 Å². The molecule has 1 amide bonds. The normalized spacial score (nSPS) is 10.9. The standard InChI is InChI=1S/C27H23N5O4/c1-3-35-25(33)12-20-14-32-15-22(21(13-24(32)29-20)18-7-5-4-6-8-18)30-26(34)23-16-36-27(31-23)19-9-10-28-17(2)11-19/h4-11,13-16H,3,12H2,1-2H3,(H,30,34). The maximum atomic E-state index is 13.1. The van der Waals surface area contributed by atoms with E-state index in [1.807, 2.05) is 49.4 Å². The largest absolute Gasteiger partial charge is 0.466 e. The minimum absolute atomic E-state index is 0.0636. The molecule has 0 unspecified atom stereocenters. The van der Waals surface area contributed by atoms with E-state index in [4.69, 9.17) is 9.15 Å². The van der Waals surface area contributed by atoms with Crippen LogP contribution < -0.4 is 5.32 Å². The molecule has 0 saturated carbocycles. The molecule has 0 atom stereocenters. The van der Waals surface area contributed by atoms with Gasteiger partial charge in [-0.1, -0.05) is 30.3 Å². The Hall–Kier alpha value is -4.79. The summed E-state index contributed by atoms with van der Waals surface area (Å²) in [6.45, 7) is 3.94. The van der Waals surface area contributed by atoms with E-state index in [9.17, 15) is 9.59 Å². The number of nitrogens with zero attached hydrogens (tertiary/aromatic N) is 4. The van der Waals surface area contributed by atoms with Crippen LogP contribution in [0.25, 0.3) is 28.2 Å². The average Bonchev–Trinajstić information content (AvgIpc) is 3.51. The van der Waals surface area contributed by atoms with E-state index in [1.54, 1.807) is 36.0 Å². The molecule has 1 aromatic carbocycles. The molecule has 1 N–H and O–H groups in total. The highest BCUT2D eigenvalue weighted by Gasteiger charge is 2.18. The molecule has 180 valence electrons. The SMILES string of the molecule is CCOC(=O)Cc1cn2cc(NC(=O)c3coc(-c4ccnc(C)c4)n3)c(-c3ccccc3)cc2n1. The molecule has 0 saturated heterocycles. The van der Waals surface area contributed by atoms with Gasteiger partial charge in [0.2, 0.25) is 5.89 Å². The van der Waals surface area contributed by atoms with Crippen molar-refractivity contribution in [3.05, 3.63) is 90.5 Å². The third-order valence-corrected chi connectivity index (χ3v) is 5.49. The third-order valence-electron chi connectivity index (χ3n) is 5.49. The van der Waals surface area contributed by atoms with Crippen molar-refractivity contribution < 1.29 is 18.7 Å². The fraction of sp³-hybridized carbons (Fsp3) is 0.148. The van der Waals surface area contributed by atoms with Crippen molar-refractivity contribution in [1.29, 1.82) is 0 Å². The second kappa shape index (κ2) is 9.83. The number of rotatable bonds is 7. The summed E-state index contributed by atoms with van der Waals surface area (Å²) in [5.74, 6) is -0.425. The molecule has 0 fully saturated rings. The van der Waals surface area contributed by atoms with Gasteiger partial charge >= 0.3 is 5.97 Å². The molecule has 4 heterocycles. The lowest BCUT2D eigenvalue weighted by molar-refractivity contribution is -0.142. The molecule has 5 rings (SSSR count). The number of esters is 1. The predicted molar refractivity (Wildman–Crippen MR) is 133 cm³/mol. The molecule has 0 aliphatic rings. The molecule has 9 nitrogen and oxygen atoms in total. The summed E-state index contributed by atoms with van der Waals surface area (Å²) in [7, 11) is 0. The van der Waals surface area contributed by atoms with Gasteiger partial charge in [-0.05, 0) is 37.6 Å². The van der Waals surface area contributed by atoms with E-state index in [0.717, 1.165) is 22.4 Å². The molecular formula is C27H23N5O4. The van der Waals surface area contributed by atoms with Crippen LogP contribution in [-0.4, -0.2) is 37.8 Å². The van der Waals surface area contributed by atoms with Gasteiger partial charge in [0.25, 0.3) is 5.91 Å². The summed E-state index contributed by atoms with van der Waals surface area (Å²) < 4.78 is 12.4. The van der Waals surface area contributed by atoms with E-state index in [0.29, 0.717) is 29.5 Å². The number of oxazole rings is 1. The van der Waals surface area contributed by atoms with Crippen LogP contribution in [0.15, 0.2) is 77.8 Å². The fourth-order valence-electron chi connectivity index (χ4n) is 3.86. The monoisotopic (exact) mass is 481 g/mol. The molecule has 9 heteroatoms. The van der Waals surface area contributed by atoms with E-state index >= 15 is 0 Å². The van der Waals surface area contributed by atoms with Gasteiger partial charge in [0.05, 0.1) is 24.4 Å². The van der Waals surface area contributed by atoms with Crippen LogP contribution in [0.4, 0.5) is 5.69 Å². The highest BCUT2D eigenvalue weighted by Crippen LogP contribution is 2.30. The second-order valence-corrected chi connectivity index (χ2v) is 8.12. The summed E-state index contributed by atoms with van der Waals surface area (Å²) in [6.07, 6.45) is 6.57. The van der Waals surface area contributed by atoms with Gasteiger partial charge in [0, 0.05) is 35.4 Å². The number of carbonyl (C=O) groups is 2. The number of pyridine rings is 2. The number of aryl methyl sites for hydroxylation is 1. The average molecular weight is 482 g/mol. The van der Waals surface area contributed by atoms with Crippen LogP contribution in [0.5, 0.6) is 0 Å². The van der Waals surface area contributed by atoms with Gasteiger partial charge in [-0.15, -0.1) is 0 Å². The van der Waals surface area contributed by atoms with Gasteiger partial charge in [-0.2, -0.15) is 0 Å². The number of benzene rings is 1. The summed E-state index contributed by atoms with van der Waals surface area (Å²) in [6, 6.07) is 15.1. The Morgan fingerprint density at radius 2 is 1.89 bits per heavy atom. The highest BCUT2D eigenvalue weighted by molar-refractivity contribution is 6.05. The van der Waals surface area contributed by atoms with Crippen molar-refractivity contribution in [3.8, 4) is 22.6 Å². The maximum absolute atomic E-state index is 13.1. The Kier molecular flexibility index (Phi) is 6.27. The first-order valence-electron chi connectivity index (χ1n) is 11.4. The number of hydrogen-bond donors (Lipinski definition) is 1. The van der Waals surface area contributed by atoms with Gasteiger partial charge in [-0.25, -0.2) is 9.97 Å². The van der Waals surface area contributed by atoms with E-state index in [1.165, 1.54) is 6.26 Å². The van der Waals surface area contributed by atoms with Crippen LogP contribution in [0.2, 0.25) is 0 Å². The highest BCUT2D eigenvalue weighted by atomic mass is 16.5. The van der Waals surface area contributed by atoms with Crippen LogP contribution in [0, 0.1) is 6.92 Å². The molecule has 4 aromatic heterocycles. The molecule has 0 aliphatic heterocycles. The Morgan fingerprint density at radius 1 is 1.06 bits per heavy atom. The zero-order valence-corrected chi connectivity index (χ0v) is 19.8. The number of anilines is 1. The van der Waals surface area contributed by atoms with Crippen molar-refractivity contribution in [2.45, 2.75) is 20.3 Å². The first-order valence-corrected chi connectivity index (χ1v) is 11.4. The van der Waals surface area contributed by atoms with Crippen molar-refractivity contribution in [3.63, 3.8) is 0 Å². The Morgan fingerprint density at radius 3 is 2.67 bits per heavy atom. The molecule has 0 radical (unpaired) electrons. The topological polar surface area (TPSA) is 112 Å². The molecule has 0 aliphatic carbocycles. The predicted octanol–water partition coefficient (Wildman–Crippen LogP) is 4.72. The molecule has 5 aromatic rings.